The molecule has 2 N–H and O–H groups in total. The molecule has 0 aliphatic heterocycles. The van der Waals surface area contributed by atoms with Crippen molar-refractivity contribution in [1.29, 1.82) is 0 Å². The highest BCUT2D eigenvalue weighted by molar-refractivity contribution is 6.32. The van der Waals surface area contributed by atoms with Gasteiger partial charge in [0.05, 0.1) is 30.3 Å². The van der Waals surface area contributed by atoms with E-state index in [9.17, 15) is 14.4 Å². The Hall–Kier alpha value is -2.48. The van der Waals surface area contributed by atoms with Gasteiger partial charge in [-0.25, -0.2) is 4.79 Å². The van der Waals surface area contributed by atoms with Gasteiger partial charge in [0.2, 0.25) is 5.91 Å². The summed E-state index contributed by atoms with van der Waals surface area (Å²) in [5.74, 6) is -1.13. The van der Waals surface area contributed by atoms with E-state index in [4.69, 9.17) is 25.8 Å². The highest BCUT2D eigenvalue weighted by Crippen LogP contribution is 2.37. The molecule has 0 spiro atoms. The quantitative estimate of drug-likeness (QED) is 0.664. The zero-order valence-corrected chi connectivity index (χ0v) is 15.2. The van der Waals surface area contributed by atoms with Crippen LogP contribution in [-0.4, -0.2) is 51.2 Å². The molecular formula is C16H21ClN2O6. The minimum Gasteiger partial charge on any atom is -0.493 e. The smallest absolute Gasteiger partial charge is 0.338 e. The fourth-order valence-electron chi connectivity index (χ4n) is 1.72. The molecule has 0 unspecified atom stereocenters. The van der Waals surface area contributed by atoms with Crippen LogP contribution in [0.1, 0.15) is 24.2 Å². The van der Waals surface area contributed by atoms with Gasteiger partial charge in [0.15, 0.2) is 18.1 Å². The van der Waals surface area contributed by atoms with Crippen LogP contribution in [-0.2, 0) is 14.3 Å². The molecule has 1 aromatic rings. The summed E-state index contributed by atoms with van der Waals surface area (Å²) in [4.78, 5) is 34.6. The first kappa shape index (κ1) is 20.6. The van der Waals surface area contributed by atoms with Crippen molar-refractivity contribution in [3.8, 4) is 11.5 Å². The average molecular weight is 373 g/mol. The fourth-order valence-corrected chi connectivity index (χ4v) is 1.98. The second-order valence-electron chi connectivity index (χ2n) is 5.18. The van der Waals surface area contributed by atoms with E-state index in [1.54, 1.807) is 0 Å². The topological polar surface area (TPSA) is 103 Å². The van der Waals surface area contributed by atoms with Gasteiger partial charge in [-0.15, -0.1) is 0 Å². The number of rotatable bonds is 8. The maximum Gasteiger partial charge on any atom is 0.338 e. The van der Waals surface area contributed by atoms with Crippen LogP contribution in [0.3, 0.4) is 0 Å². The lowest BCUT2D eigenvalue weighted by molar-refractivity contribution is -0.127. The second-order valence-corrected chi connectivity index (χ2v) is 5.59. The maximum atomic E-state index is 12.1. The van der Waals surface area contributed by atoms with E-state index in [2.05, 4.69) is 10.6 Å². The van der Waals surface area contributed by atoms with E-state index in [0.717, 1.165) is 0 Å². The van der Waals surface area contributed by atoms with Gasteiger partial charge in [-0.3, -0.25) is 9.59 Å². The van der Waals surface area contributed by atoms with Gasteiger partial charge < -0.3 is 24.8 Å². The summed E-state index contributed by atoms with van der Waals surface area (Å²) in [6.07, 6.45) is -0.131. The number of hydrogen-bond acceptors (Lipinski definition) is 6. The molecule has 0 aromatic heterocycles. The van der Waals surface area contributed by atoms with E-state index in [1.807, 2.05) is 13.8 Å². The molecule has 0 heterocycles. The summed E-state index contributed by atoms with van der Waals surface area (Å²) in [6.45, 7) is 2.93. The van der Waals surface area contributed by atoms with Crippen molar-refractivity contribution in [3.05, 3.63) is 22.7 Å². The number of hydrogen-bond donors (Lipinski definition) is 2. The Morgan fingerprint density at radius 1 is 1.20 bits per heavy atom. The molecule has 0 bridgehead atoms. The molecule has 9 heteroatoms. The Morgan fingerprint density at radius 3 is 2.44 bits per heavy atom. The number of amides is 2. The van der Waals surface area contributed by atoms with Crippen LogP contribution in [0.25, 0.3) is 0 Å². The van der Waals surface area contributed by atoms with Crippen molar-refractivity contribution in [2.45, 2.75) is 20.0 Å². The first-order valence-corrected chi connectivity index (χ1v) is 7.84. The lowest BCUT2D eigenvalue weighted by atomic mass is 10.2. The van der Waals surface area contributed by atoms with Gasteiger partial charge in [0.25, 0.3) is 5.91 Å². The zero-order chi connectivity index (χ0) is 19.0. The summed E-state index contributed by atoms with van der Waals surface area (Å²) in [5, 5.41) is 4.84. The highest BCUT2D eigenvalue weighted by Gasteiger charge is 2.18. The molecular weight excluding hydrogens is 352 g/mol. The summed E-state index contributed by atoms with van der Waals surface area (Å²) in [6, 6.07) is 2.78. The maximum absolute atomic E-state index is 12.1. The number of ether oxygens (including phenoxy) is 3. The second kappa shape index (κ2) is 9.73. The first-order chi connectivity index (χ1) is 11.8. The molecule has 0 aliphatic rings. The van der Waals surface area contributed by atoms with Crippen LogP contribution in [0.15, 0.2) is 12.1 Å². The van der Waals surface area contributed by atoms with Crippen LogP contribution in [0.2, 0.25) is 5.02 Å². The van der Waals surface area contributed by atoms with Gasteiger partial charge in [0, 0.05) is 7.05 Å². The number of methoxy groups -OCH3 is 1. The zero-order valence-electron chi connectivity index (χ0n) is 14.5. The van der Waals surface area contributed by atoms with Crippen molar-refractivity contribution < 1.29 is 28.6 Å². The van der Waals surface area contributed by atoms with E-state index in [1.165, 1.54) is 26.3 Å². The Labute approximate surface area is 150 Å². The minimum absolute atomic E-state index is 0.108. The predicted octanol–water partition coefficient (Wildman–Crippen LogP) is 1.15. The van der Waals surface area contributed by atoms with Gasteiger partial charge in [-0.2, -0.15) is 0 Å². The number of likely N-dealkylation sites (N-methyl/N-ethyl adjacent to an activating group) is 1. The van der Waals surface area contributed by atoms with Crippen molar-refractivity contribution in [3.63, 3.8) is 0 Å². The van der Waals surface area contributed by atoms with Crippen LogP contribution < -0.4 is 20.1 Å². The van der Waals surface area contributed by atoms with Crippen molar-refractivity contribution in [1.82, 2.24) is 10.6 Å². The lowest BCUT2D eigenvalue weighted by Gasteiger charge is -2.16. The lowest BCUT2D eigenvalue weighted by Crippen LogP contribution is -2.37. The third-order valence-electron chi connectivity index (χ3n) is 2.88. The Morgan fingerprint density at radius 2 is 1.88 bits per heavy atom. The highest BCUT2D eigenvalue weighted by atomic mass is 35.5. The van der Waals surface area contributed by atoms with Gasteiger partial charge in [-0.05, 0) is 26.0 Å². The third kappa shape index (κ3) is 6.50. The summed E-state index contributed by atoms with van der Waals surface area (Å²) in [7, 11) is 2.86. The molecule has 25 heavy (non-hydrogen) atoms. The van der Waals surface area contributed by atoms with E-state index < -0.39 is 18.5 Å². The molecule has 1 rings (SSSR count). The van der Waals surface area contributed by atoms with Gasteiger partial charge in [-0.1, -0.05) is 11.6 Å². The van der Waals surface area contributed by atoms with Crippen molar-refractivity contribution >= 4 is 29.4 Å². The monoisotopic (exact) mass is 372 g/mol. The summed E-state index contributed by atoms with van der Waals surface area (Å²) >= 11 is 6.13. The molecule has 0 fully saturated rings. The SMILES string of the molecule is CNC(=O)CNC(=O)COC(=O)c1cc(Cl)c(OC(C)C)c(OC)c1. The molecule has 138 valence electrons. The van der Waals surface area contributed by atoms with Crippen LogP contribution >= 0.6 is 11.6 Å². The molecule has 0 saturated carbocycles. The number of carbonyl (C=O) groups is 3. The minimum atomic E-state index is -0.758. The molecule has 2 amide bonds. The number of carbonyl (C=O) groups excluding carboxylic acids is 3. The van der Waals surface area contributed by atoms with E-state index in [0.29, 0.717) is 5.75 Å². The molecule has 0 atom stereocenters. The van der Waals surface area contributed by atoms with Crippen molar-refractivity contribution in [2.75, 3.05) is 27.3 Å². The van der Waals surface area contributed by atoms with E-state index >= 15 is 0 Å². The van der Waals surface area contributed by atoms with Crippen molar-refractivity contribution in [2.24, 2.45) is 0 Å². The van der Waals surface area contributed by atoms with Crippen LogP contribution in [0.5, 0.6) is 11.5 Å². The standard InChI is InChI=1S/C16H21ClN2O6/c1-9(2)25-15-11(17)5-10(6-12(15)23-4)16(22)24-8-14(21)19-7-13(20)18-3/h5-6,9H,7-8H2,1-4H3,(H,18,20)(H,19,21). The largest absolute Gasteiger partial charge is 0.493 e. The normalized spacial score (nSPS) is 10.2. The Balaban J connectivity index is 2.74. The molecule has 1 aromatic carbocycles. The molecule has 0 saturated heterocycles. The van der Waals surface area contributed by atoms with Gasteiger partial charge in [0.1, 0.15) is 0 Å². The number of benzene rings is 1. The van der Waals surface area contributed by atoms with Gasteiger partial charge >= 0.3 is 5.97 Å². The van der Waals surface area contributed by atoms with Crippen LogP contribution in [0, 0.1) is 0 Å². The average Bonchev–Trinajstić information content (AvgIpc) is 2.58. The number of halogens is 1. The molecule has 8 nitrogen and oxygen atoms in total. The Kier molecular flexibility index (Phi) is 8.00. The molecule has 0 radical (unpaired) electrons. The summed E-state index contributed by atoms with van der Waals surface area (Å²) in [5.41, 5.74) is 0.108. The first-order valence-electron chi connectivity index (χ1n) is 7.47. The fraction of sp³-hybridized carbons (Fsp3) is 0.438. The third-order valence-corrected chi connectivity index (χ3v) is 3.16. The van der Waals surface area contributed by atoms with Crippen LogP contribution in [0.4, 0.5) is 0 Å². The Bertz CT molecular complexity index is 648. The van der Waals surface area contributed by atoms with E-state index in [-0.39, 0.29) is 34.9 Å². The number of esters is 1. The summed E-state index contributed by atoms with van der Waals surface area (Å²) < 4.78 is 15.6. The number of nitrogens with one attached hydrogen (secondary N) is 2. The molecule has 0 aliphatic carbocycles. The predicted molar refractivity (Wildman–Crippen MR) is 91.1 cm³/mol.